The van der Waals surface area contributed by atoms with Gasteiger partial charge in [0.15, 0.2) is 6.10 Å². The molecule has 0 rings (SSSR count). The third kappa shape index (κ3) is 45.8. The molecule has 0 heterocycles. The lowest BCUT2D eigenvalue weighted by Gasteiger charge is -2.18. The van der Waals surface area contributed by atoms with Crippen molar-refractivity contribution in [3.63, 3.8) is 0 Å². The molecule has 6 nitrogen and oxygen atoms in total. The molecule has 0 fully saturated rings. The number of carbonyl (C=O) groups is 3. The third-order valence-corrected chi connectivity index (χ3v) is 12.3. The molecule has 2 atom stereocenters. The number of hydrogen-bond donors (Lipinski definition) is 0. The minimum atomic E-state index is -0.762. The first-order valence-electron chi connectivity index (χ1n) is 26.3. The highest BCUT2D eigenvalue weighted by Gasteiger charge is 2.19. The Bertz CT molecular complexity index is 902. The fraction of sp³-hybridized carbons (Fsp3) is 0.943. The van der Waals surface area contributed by atoms with Gasteiger partial charge in [-0.05, 0) is 31.1 Å². The summed E-state index contributed by atoms with van der Waals surface area (Å²) in [5.74, 6) is 0.798. The highest BCUT2D eigenvalue weighted by atomic mass is 16.6. The van der Waals surface area contributed by atoms with Crippen LogP contribution in [0.25, 0.3) is 0 Å². The molecular formula is C53H102O6. The summed E-state index contributed by atoms with van der Waals surface area (Å²) < 4.78 is 16.8. The quantitative estimate of drug-likeness (QED) is 0.0345. The standard InChI is InChI=1S/C53H102O6/c1-6-8-9-10-11-12-13-14-15-16-17-22-25-28-35-40-45-53(56)59-50(47-58-52(55)44-39-34-30-29-32-37-42-49(5)7-2)46-57-51(54)43-38-33-27-24-21-19-18-20-23-26-31-36-41-48(3)4/h48-50H,6-47H2,1-5H3/t49?,50-/m1/s1. The van der Waals surface area contributed by atoms with E-state index in [1.165, 1.54) is 180 Å². The van der Waals surface area contributed by atoms with Gasteiger partial charge in [-0.3, -0.25) is 14.4 Å². The maximum atomic E-state index is 12.8. The number of ether oxygens (including phenoxy) is 3. The summed E-state index contributed by atoms with van der Waals surface area (Å²) in [7, 11) is 0. The first-order chi connectivity index (χ1) is 28.8. The van der Waals surface area contributed by atoms with Gasteiger partial charge in [-0.2, -0.15) is 0 Å². The smallest absolute Gasteiger partial charge is 0.306 e. The van der Waals surface area contributed by atoms with E-state index in [0.717, 1.165) is 69.6 Å². The fourth-order valence-corrected chi connectivity index (χ4v) is 7.96. The van der Waals surface area contributed by atoms with E-state index in [1.807, 2.05) is 0 Å². The lowest BCUT2D eigenvalue weighted by molar-refractivity contribution is -0.167. The monoisotopic (exact) mass is 835 g/mol. The first-order valence-corrected chi connectivity index (χ1v) is 26.3. The summed E-state index contributed by atoms with van der Waals surface area (Å²) in [5, 5.41) is 0. The van der Waals surface area contributed by atoms with Crippen LogP contribution in [0.3, 0.4) is 0 Å². The second kappa shape index (κ2) is 45.9. The lowest BCUT2D eigenvalue weighted by Crippen LogP contribution is -2.30. The average molecular weight is 835 g/mol. The summed E-state index contributed by atoms with van der Waals surface area (Å²) in [6, 6.07) is 0. The van der Waals surface area contributed by atoms with Gasteiger partial charge >= 0.3 is 17.9 Å². The second-order valence-electron chi connectivity index (χ2n) is 18.9. The maximum Gasteiger partial charge on any atom is 0.306 e. The van der Waals surface area contributed by atoms with E-state index in [4.69, 9.17) is 14.2 Å². The zero-order valence-corrected chi connectivity index (χ0v) is 40.4. The van der Waals surface area contributed by atoms with Crippen LogP contribution in [0.15, 0.2) is 0 Å². The van der Waals surface area contributed by atoms with Crippen molar-refractivity contribution in [3.05, 3.63) is 0 Å². The Morgan fingerprint density at radius 3 is 0.966 bits per heavy atom. The molecule has 59 heavy (non-hydrogen) atoms. The largest absolute Gasteiger partial charge is 0.462 e. The van der Waals surface area contributed by atoms with E-state index >= 15 is 0 Å². The molecule has 350 valence electrons. The van der Waals surface area contributed by atoms with Gasteiger partial charge in [-0.15, -0.1) is 0 Å². The molecule has 0 aliphatic heterocycles. The van der Waals surface area contributed by atoms with Crippen molar-refractivity contribution >= 4 is 17.9 Å². The molecule has 0 aromatic rings. The molecular weight excluding hydrogens is 733 g/mol. The minimum absolute atomic E-state index is 0.0643. The van der Waals surface area contributed by atoms with Crippen molar-refractivity contribution in [2.45, 2.75) is 298 Å². The van der Waals surface area contributed by atoms with E-state index in [0.29, 0.717) is 19.3 Å². The Morgan fingerprint density at radius 2 is 0.644 bits per heavy atom. The minimum Gasteiger partial charge on any atom is -0.462 e. The van der Waals surface area contributed by atoms with E-state index in [-0.39, 0.29) is 31.1 Å². The Hall–Kier alpha value is -1.59. The average Bonchev–Trinajstić information content (AvgIpc) is 3.22. The van der Waals surface area contributed by atoms with Crippen molar-refractivity contribution in [1.29, 1.82) is 0 Å². The van der Waals surface area contributed by atoms with Crippen LogP contribution in [-0.4, -0.2) is 37.2 Å². The molecule has 0 aliphatic rings. The Morgan fingerprint density at radius 1 is 0.356 bits per heavy atom. The molecule has 0 aromatic carbocycles. The summed E-state index contributed by atoms with van der Waals surface area (Å²) >= 11 is 0. The van der Waals surface area contributed by atoms with Gasteiger partial charge in [-0.25, -0.2) is 0 Å². The number of hydrogen-bond acceptors (Lipinski definition) is 6. The summed E-state index contributed by atoms with van der Waals surface area (Å²) in [6.45, 7) is 11.4. The van der Waals surface area contributed by atoms with Gasteiger partial charge in [0.2, 0.25) is 0 Å². The zero-order valence-electron chi connectivity index (χ0n) is 40.4. The number of rotatable bonds is 47. The SMILES string of the molecule is CCCCCCCCCCCCCCCCCCC(=O)O[C@H](COC(=O)CCCCCCCCCCCCCCC(C)C)COC(=O)CCCCCCCCC(C)CC. The molecule has 0 N–H and O–H groups in total. The molecule has 6 heteroatoms. The number of unbranched alkanes of at least 4 members (excludes halogenated alkanes) is 31. The molecule has 0 spiro atoms. The molecule has 0 radical (unpaired) electrons. The van der Waals surface area contributed by atoms with Crippen LogP contribution in [0.5, 0.6) is 0 Å². The zero-order chi connectivity index (χ0) is 43.3. The number of esters is 3. The molecule has 0 bridgehead atoms. The Kier molecular flexibility index (Phi) is 44.7. The van der Waals surface area contributed by atoms with E-state index in [2.05, 4.69) is 34.6 Å². The maximum absolute atomic E-state index is 12.8. The molecule has 0 saturated carbocycles. The van der Waals surface area contributed by atoms with Gasteiger partial charge in [0.05, 0.1) is 0 Å². The van der Waals surface area contributed by atoms with Crippen molar-refractivity contribution in [2.24, 2.45) is 11.8 Å². The van der Waals surface area contributed by atoms with Crippen molar-refractivity contribution < 1.29 is 28.6 Å². The van der Waals surface area contributed by atoms with Gasteiger partial charge in [0, 0.05) is 19.3 Å². The van der Waals surface area contributed by atoms with Crippen molar-refractivity contribution in [3.8, 4) is 0 Å². The predicted molar refractivity (Wildman–Crippen MR) is 252 cm³/mol. The van der Waals surface area contributed by atoms with E-state index in [1.54, 1.807) is 0 Å². The van der Waals surface area contributed by atoms with E-state index < -0.39 is 6.10 Å². The van der Waals surface area contributed by atoms with Gasteiger partial charge in [-0.1, -0.05) is 253 Å². The van der Waals surface area contributed by atoms with Gasteiger partial charge in [0.25, 0.3) is 0 Å². The van der Waals surface area contributed by atoms with Crippen LogP contribution in [0.1, 0.15) is 291 Å². The summed E-state index contributed by atoms with van der Waals surface area (Å²) in [6.07, 6.45) is 46.6. The Labute approximate surface area is 368 Å². The van der Waals surface area contributed by atoms with Crippen LogP contribution in [0.4, 0.5) is 0 Å². The highest BCUT2D eigenvalue weighted by molar-refractivity contribution is 5.71. The van der Waals surface area contributed by atoms with Crippen LogP contribution in [0.2, 0.25) is 0 Å². The first kappa shape index (κ1) is 57.4. The molecule has 0 aromatic heterocycles. The lowest BCUT2D eigenvalue weighted by atomic mass is 10.00. The van der Waals surface area contributed by atoms with Crippen molar-refractivity contribution in [1.82, 2.24) is 0 Å². The molecule has 0 amide bonds. The summed E-state index contributed by atoms with van der Waals surface area (Å²) in [4.78, 5) is 37.9. The topological polar surface area (TPSA) is 78.9 Å². The van der Waals surface area contributed by atoms with Gasteiger partial charge in [0.1, 0.15) is 13.2 Å². The van der Waals surface area contributed by atoms with Gasteiger partial charge < -0.3 is 14.2 Å². The highest BCUT2D eigenvalue weighted by Crippen LogP contribution is 2.18. The Balaban J connectivity index is 4.29. The predicted octanol–water partition coefficient (Wildman–Crippen LogP) is 16.9. The molecule has 0 aliphatic carbocycles. The molecule has 1 unspecified atom stereocenters. The molecule has 0 saturated heterocycles. The van der Waals surface area contributed by atoms with E-state index in [9.17, 15) is 14.4 Å². The second-order valence-corrected chi connectivity index (χ2v) is 18.9. The third-order valence-electron chi connectivity index (χ3n) is 12.3. The van der Waals surface area contributed by atoms with Crippen LogP contribution in [-0.2, 0) is 28.6 Å². The number of carbonyl (C=O) groups excluding carboxylic acids is 3. The van der Waals surface area contributed by atoms with Crippen molar-refractivity contribution in [2.75, 3.05) is 13.2 Å². The van der Waals surface area contributed by atoms with Crippen LogP contribution < -0.4 is 0 Å². The normalized spacial score (nSPS) is 12.5. The summed E-state index contributed by atoms with van der Waals surface area (Å²) in [5.41, 5.74) is 0. The van der Waals surface area contributed by atoms with Crippen LogP contribution in [0, 0.1) is 11.8 Å². The fourth-order valence-electron chi connectivity index (χ4n) is 7.96. The van der Waals surface area contributed by atoms with Crippen LogP contribution >= 0.6 is 0 Å².